The van der Waals surface area contributed by atoms with E-state index in [2.05, 4.69) is 5.32 Å². The fraction of sp³-hybridized carbons (Fsp3) is 0.250. The van der Waals surface area contributed by atoms with Crippen molar-refractivity contribution in [3.05, 3.63) is 58.7 Å². The molecule has 0 spiro atoms. The Kier molecular flexibility index (Phi) is 4.50. The van der Waals surface area contributed by atoms with E-state index in [-0.39, 0.29) is 23.8 Å². The van der Waals surface area contributed by atoms with Crippen LogP contribution >= 0.6 is 0 Å². The standard InChI is InChI=1S/C20H20N2O4/c1-11-4-5-12(2)15(8-11)21-16-10-18(23)22(19(16)24)17-9-14(20(25)26)7-6-13(17)3/h4-9,16,21H,10H2,1-3H3,(H,25,26). The minimum Gasteiger partial charge on any atom is -0.478 e. The van der Waals surface area contributed by atoms with Crippen LogP contribution in [-0.4, -0.2) is 28.9 Å². The Hall–Kier alpha value is -3.15. The number of nitrogens with zero attached hydrogens (tertiary/aromatic N) is 1. The summed E-state index contributed by atoms with van der Waals surface area (Å²) in [5, 5.41) is 12.3. The van der Waals surface area contributed by atoms with E-state index >= 15 is 0 Å². The molecule has 1 heterocycles. The van der Waals surface area contributed by atoms with Crippen LogP contribution in [0.4, 0.5) is 11.4 Å². The van der Waals surface area contributed by atoms with Gasteiger partial charge in [0.05, 0.1) is 17.7 Å². The lowest BCUT2D eigenvalue weighted by atomic mass is 10.1. The van der Waals surface area contributed by atoms with Crippen LogP contribution in [0.1, 0.15) is 33.5 Å². The molecule has 0 saturated carbocycles. The predicted molar refractivity (Wildman–Crippen MR) is 98.6 cm³/mol. The van der Waals surface area contributed by atoms with E-state index in [1.54, 1.807) is 13.0 Å². The van der Waals surface area contributed by atoms with Crippen molar-refractivity contribution in [2.24, 2.45) is 0 Å². The van der Waals surface area contributed by atoms with E-state index in [0.717, 1.165) is 21.7 Å². The number of rotatable bonds is 4. The third-order valence-corrected chi connectivity index (χ3v) is 4.57. The zero-order valence-electron chi connectivity index (χ0n) is 14.9. The molecule has 1 saturated heterocycles. The van der Waals surface area contributed by atoms with Crippen LogP contribution in [0.3, 0.4) is 0 Å². The summed E-state index contributed by atoms with van der Waals surface area (Å²) in [4.78, 5) is 37.6. The number of carbonyl (C=O) groups excluding carboxylic acids is 2. The van der Waals surface area contributed by atoms with Crippen molar-refractivity contribution in [1.29, 1.82) is 0 Å². The van der Waals surface area contributed by atoms with Gasteiger partial charge in [0.15, 0.2) is 0 Å². The lowest BCUT2D eigenvalue weighted by Gasteiger charge is -2.19. The molecule has 0 radical (unpaired) electrons. The van der Waals surface area contributed by atoms with Crippen molar-refractivity contribution < 1.29 is 19.5 Å². The van der Waals surface area contributed by atoms with Gasteiger partial charge >= 0.3 is 5.97 Å². The fourth-order valence-electron chi connectivity index (χ4n) is 3.06. The summed E-state index contributed by atoms with van der Waals surface area (Å²) in [7, 11) is 0. The van der Waals surface area contributed by atoms with Gasteiger partial charge in [0, 0.05) is 5.69 Å². The lowest BCUT2D eigenvalue weighted by molar-refractivity contribution is -0.121. The highest BCUT2D eigenvalue weighted by atomic mass is 16.4. The summed E-state index contributed by atoms with van der Waals surface area (Å²) in [6.45, 7) is 5.63. The highest BCUT2D eigenvalue weighted by Crippen LogP contribution is 2.29. The van der Waals surface area contributed by atoms with Crippen LogP contribution in [0.25, 0.3) is 0 Å². The second-order valence-electron chi connectivity index (χ2n) is 6.59. The number of aromatic carboxylic acids is 1. The molecule has 1 unspecified atom stereocenters. The van der Waals surface area contributed by atoms with Gasteiger partial charge in [-0.15, -0.1) is 0 Å². The van der Waals surface area contributed by atoms with E-state index in [9.17, 15) is 19.5 Å². The van der Waals surface area contributed by atoms with Crippen molar-refractivity contribution in [2.75, 3.05) is 10.2 Å². The Morgan fingerprint density at radius 2 is 1.77 bits per heavy atom. The second kappa shape index (κ2) is 6.63. The molecule has 134 valence electrons. The lowest BCUT2D eigenvalue weighted by Crippen LogP contribution is -2.35. The molecule has 1 fully saturated rings. The third-order valence-electron chi connectivity index (χ3n) is 4.57. The first-order valence-corrected chi connectivity index (χ1v) is 8.32. The van der Waals surface area contributed by atoms with Crippen LogP contribution in [-0.2, 0) is 9.59 Å². The molecule has 3 rings (SSSR count). The smallest absolute Gasteiger partial charge is 0.335 e. The van der Waals surface area contributed by atoms with Gasteiger partial charge in [-0.25, -0.2) is 9.69 Å². The van der Waals surface area contributed by atoms with Gasteiger partial charge in [-0.3, -0.25) is 9.59 Å². The molecular formula is C20H20N2O4. The number of hydrogen-bond donors (Lipinski definition) is 2. The number of amides is 2. The van der Waals surface area contributed by atoms with Gasteiger partial charge in [0.1, 0.15) is 6.04 Å². The number of carboxylic acids is 1. The molecule has 1 atom stereocenters. The van der Waals surface area contributed by atoms with Crippen LogP contribution in [0.15, 0.2) is 36.4 Å². The van der Waals surface area contributed by atoms with E-state index in [1.807, 2.05) is 32.0 Å². The average Bonchev–Trinajstić information content (AvgIpc) is 2.85. The Bertz CT molecular complexity index is 920. The van der Waals surface area contributed by atoms with E-state index < -0.39 is 12.0 Å². The summed E-state index contributed by atoms with van der Waals surface area (Å²) in [6.07, 6.45) is 0.0307. The summed E-state index contributed by atoms with van der Waals surface area (Å²) in [5.41, 5.74) is 3.88. The molecule has 2 amide bonds. The number of carboxylic acid groups (broad SMARTS) is 1. The molecule has 0 aromatic heterocycles. The molecule has 0 aliphatic carbocycles. The summed E-state index contributed by atoms with van der Waals surface area (Å²) in [6, 6.07) is 9.63. The topological polar surface area (TPSA) is 86.7 Å². The number of imide groups is 1. The van der Waals surface area contributed by atoms with Crippen molar-refractivity contribution in [3.63, 3.8) is 0 Å². The maximum Gasteiger partial charge on any atom is 0.335 e. The van der Waals surface area contributed by atoms with Crippen LogP contribution < -0.4 is 10.2 Å². The highest BCUT2D eigenvalue weighted by Gasteiger charge is 2.40. The zero-order chi connectivity index (χ0) is 19.0. The van der Waals surface area contributed by atoms with Crippen molar-refractivity contribution >= 4 is 29.2 Å². The molecule has 0 bridgehead atoms. The maximum absolute atomic E-state index is 12.8. The third kappa shape index (κ3) is 3.18. The summed E-state index contributed by atoms with van der Waals surface area (Å²) >= 11 is 0. The normalized spacial score (nSPS) is 16.9. The highest BCUT2D eigenvalue weighted by molar-refractivity contribution is 6.23. The number of benzene rings is 2. The molecule has 26 heavy (non-hydrogen) atoms. The SMILES string of the molecule is Cc1ccc(C)c(NC2CC(=O)N(c3cc(C(=O)O)ccc3C)C2=O)c1. The monoisotopic (exact) mass is 352 g/mol. The second-order valence-corrected chi connectivity index (χ2v) is 6.59. The first-order valence-electron chi connectivity index (χ1n) is 8.32. The maximum atomic E-state index is 12.8. The molecule has 6 heteroatoms. The number of nitrogens with one attached hydrogen (secondary N) is 1. The molecule has 2 N–H and O–H groups in total. The van der Waals surface area contributed by atoms with Crippen molar-refractivity contribution in [2.45, 2.75) is 33.2 Å². The number of aryl methyl sites for hydroxylation is 3. The first-order chi connectivity index (χ1) is 12.3. The van der Waals surface area contributed by atoms with Gasteiger partial charge in [-0.2, -0.15) is 0 Å². The zero-order valence-corrected chi connectivity index (χ0v) is 14.9. The number of carbonyl (C=O) groups is 3. The molecular weight excluding hydrogens is 332 g/mol. The van der Waals surface area contributed by atoms with E-state index in [4.69, 9.17) is 0 Å². The van der Waals surface area contributed by atoms with Crippen molar-refractivity contribution in [1.82, 2.24) is 0 Å². The molecule has 1 aliphatic heterocycles. The van der Waals surface area contributed by atoms with E-state index in [0.29, 0.717) is 11.3 Å². The van der Waals surface area contributed by atoms with Crippen LogP contribution in [0.5, 0.6) is 0 Å². The van der Waals surface area contributed by atoms with Crippen LogP contribution in [0.2, 0.25) is 0 Å². The van der Waals surface area contributed by atoms with Gasteiger partial charge < -0.3 is 10.4 Å². The number of anilines is 2. The van der Waals surface area contributed by atoms with E-state index in [1.165, 1.54) is 12.1 Å². The Morgan fingerprint density at radius 3 is 2.46 bits per heavy atom. The summed E-state index contributed by atoms with van der Waals surface area (Å²) < 4.78 is 0. The minimum atomic E-state index is -1.10. The first kappa shape index (κ1) is 17.7. The Morgan fingerprint density at radius 1 is 1.08 bits per heavy atom. The Labute approximate surface area is 151 Å². The number of hydrogen-bond acceptors (Lipinski definition) is 4. The molecule has 2 aromatic carbocycles. The van der Waals surface area contributed by atoms with Crippen LogP contribution in [0, 0.1) is 20.8 Å². The summed E-state index contributed by atoms with van der Waals surface area (Å²) in [5.74, 6) is -1.82. The molecule has 2 aromatic rings. The molecule has 6 nitrogen and oxygen atoms in total. The van der Waals surface area contributed by atoms with Gasteiger partial charge in [-0.05, 0) is 55.7 Å². The predicted octanol–water partition coefficient (Wildman–Crippen LogP) is 3.05. The quantitative estimate of drug-likeness (QED) is 0.826. The largest absolute Gasteiger partial charge is 0.478 e. The van der Waals surface area contributed by atoms with Gasteiger partial charge in [-0.1, -0.05) is 18.2 Å². The Balaban J connectivity index is 1.91. The molecule has 1 aliphatic rings. The van der Waals surface area contributed by atoms with Gasteiger partial charge in [0.2, 0.25) is 5.91 Å². The minimum absolute atomic E-state index is 0.0307. The fourth-order valence-corrected chi connectivity index (χ4v) is 3.06. The average molecular weight is 352 g/mol. The van der Waals surface area contributed by atoms with Gasteiger partial charge in [0.25, 0.3) is 5.91 Å². The van der Waals surface area contributed by atoms with Crippen molar-refractivity contribution in [3.8, 4) is 0 Å².